The lowest BCUT2D eigenvalue weighted by Crippen LogP contribution is -2.11. The van der Waals surface area contributed by atoms with Crippen molar-refractivity contribution in [1.82, 2.24) is 9.78 Å². The Morgan fingerprint density at radius 3 is 2.53 bits per heavy atom. The van der Waals surface area contributed by atoms with Gasteiger partial charge in [0.15, 0.2) is 0 Å². The highest BCUT2D eigenvalue weighted by Gasteiger charge is 2.06. The van der Waals surface area contributed by atoms with Crippen molar-refractivity contribution < 1.29 is 14.3 Å². The zero-order valence-electron chi connectivity index (χ0n) is 8.85. The summed E-state index contributed by atoms with van der Waals surface area (Å²) in [6, 6.07) is 1.78. The summed E-state index contributed by atoms with van der Waals surface area (Å²) < 4.78 is 5.60. The van der Waals surface area contributed by atoms with Crippen LogP contribution in [0.25, 0.3) is 0 Å². The van der Waals surface area contributed by atoms with Crippen LogP contribution in [-0.4, -0.2) is 28.8 Å². The smallest absolute Gasteiger partial charge is 0.330 e. The number of aryl methyl sites for hydroxylation is 2. The summed E-state index contributed by atoms with van der Waals surface area (Å²) in [5, 5.41) is 3.98. The largest absolute Gasteiger partial charge is 0.466 e. The van der Waals surface area contributed by atoms with E-state index >= 15 is 0 Å². The molecule has 5 nitrogen and oxygen atoms in total. The normalized spacial score (nSPS) is 10.6. The number of nitrogens with zero attached hydrogens (tertiary/aromatic N) is 2. The van der Waals surface area contributed by atoms with Crippen LogP contribution in [-0.2, 0) is 9.53 Å². The SMILES string of the molecule is COC(=O)/C=C/C(=O)n1nc(C)cc1C. The summed E-state index contributed by atoms with van der Waals surface area (Å²) in [5.74, 6) is -0.934. The highest BCUT2D eigenvalue weighted by Crippen LogP contribution is 2.01. The molecular formula is C10H12N2O3. The maximum Gasteiger partial charge on any atom is 0.330 e. The molecule has 0 spiro atoms. The van der Waals surface area contributed by atoms with Crippen molar-refractivity contribution in [3.63, 3.8) is 0 Å². The molecule has 0 radical (unpaired) electrons. The minimum atomic E-state index is -0.565. The predicted molar refractivity (Wildman–Crippen MR) is 53.5 cm³/mol. The Labute approximate surface area is 87.3 Å². The van der Waals surface area contributed by atoms with Gasteiger partial charge in [0.1, 0.15) is 0 Å². The number of aromatic nitrogens is 2. The average Bonchev–Trinajstić information content (AvgIpc) is 2.53. The number of carbonyl (C=O) groups excluding carboxylic acids is 2. The van der Waals surface area contributed by atoms with Crippen molar-refractivity contribution in [3.05, 3.63) is 29.6 Å². The molecule has 0 aliphatic carbocycles. The van der Waals surface area contributed by atoms with E-state index < -0.39 is 5.97 Å². The van der Waals surface area contributed by atoms with Crippen LogP contribution in [0.3, 0.4) is 0 Å². The molecule has 0 saturated heterocycles. The van der Waals surface area contributed by atoms with E-state index in [9.17, 15) is 9.59 Å². The van der Waals surface area contributed by atoms with E-state index in [1.54, 1.807) is 19.9 Å². The van der Waals surface area contributed by atoms with Crippen molar-refractivity contribution >= 4 is 11.9 Å². The Morgan fingerprint density at radius 1 is 1.40 bits per heavy atom. The van der Waals surface area contributed by atoms with Gasteiger partial charge >= 0.3 is 5.97 Å². The van der Waals surface area contributed by atoms with Gasteiger partial charge in [0, 0.05) is 17.8 Å². The van der Waals surface area contributed by atoms with Crippen molar-refractivity contribution in [3.8, 4) is 0 Å². The first kappa shape index (κ1) is 11.2. The van der Waals surface area contributed by atoms with Gasteiger partial charge in [0.2, 0.25) is 0 Å². The lowest BCUT2D eigenvalue weighted by molar-refractivity contribution is -0.134. The molecule has 0 N–H and O–H groups in total. The molecule has 5 heteroatoms. The zero-order chi connectivity index (χ0) is 11.4. The van der Waals surface area contributed by atoms with Gasteiger partial charge < -0.3 is 4.74 Å². The Hall–Kier alpha value is -1.91. The lowest BCUT2D eigenvalue weighted by Gasteiger charge is -1.96. The van der Waals surface area contributed by atoms with Crippen LogP contribution < -0.4 is 0 Å². The van der Waals surface area contributed by atoms with Crippen molar-refractivity contribution in [1.29, 1.82) is 0 Å². The maximum atomic E-state index is 11.5. The third kappa shape index (κ3) is 2.77. The topological polar surface area (TPSA) is 61.2 Å². The van der Waals surface area contributed by atoms with E-state index in [2.05, 4.69) is 9.84 Å². The van der Waals surface area contributed by atoms with Gasteiger partial charge in [-0.25, -0.2) is 9.48 Å². The van der Waals surface area contributed by atoms with Gasteiger partial charge in [-0.05, 0) is 19.9 Å². The molecule has 0 bridgehead atoms. The van der Waals surface area contributed by atoms with Gasteiger partial charge in [0.05, 0.1) is 12.8 Å². The Balaban J connectivity index is 2.82. The number of esters is 1. The zero-order valence-corrected chi connectivity index (χ0v) is 8.85. The van der Waals surface area contributed by atoms with Gasteiger partial charge in [0.25, 0.3) is 5.91 Å². The number of allylic oxidation sites excluding steroid dienone is 1. The second-order valence-corrected chi connectivity index (χ2v) is 3.03. The molecule has 15 heavy (non-hydrogen) atoms. The van der Waals surface area contributed by atoms with E-state index in [4.69, 9.17) is 0 Å². The number of hydrogen-bond donors (Lipinski definition) is 0. The fourth-order valence-electron chi connectivity index (χ4n) is 1.13. The highest BCUT2D eigenvalue weighted by atomic mass is 16.5. The van der Waals surface area contributed by atoms with Gasteiger partial charge in [-0.1, -0.05) is 0 Å². The first-order valence-corrected chi connectivity index (χ1v) is 4.38. The molecule has 0 saturated carbocycles. The van der Waals surface area contributed by atoms with E-state index in [0.29, 0.717) is 0 Å². The molecule has 0 fully saturated rings. The number of ether oxygens (including phenoxy) is 1. The summed E-state index contributed by atoms with van der Waals surface area (Å²) in [4.78, 5) is 22.3. The molecule has 0 aromatic carbocycles. The summed E-state index contributed by atoms with van der Waals surface area (Å²) in [6.07, 6.45) is 2.20. The van der Waals surface area contributed by atoms with Gasteiger partial charge in [-0.15, -0.1) is 0 Å². The van der Waals surface area contributed by atoms with Crippen LogP contribution in [0.4, 0.5) is 0 Å². The van der Waals surface area contributed by atoms with Crippen LogP contribution in [0.2, 0.25) is 0 Å². The van der Waals surface area contributed by atoms with Crippen LogP contribution >= 0.6 is 0 Å². The molecule has 1 rings (SSSR count). The van der Waals surface area contributed by atoms with Crippen LogP contribution in [0, 0.1) is 13.8 Å². The molecule has 0 atom stereocenters. The maximum absolute atomic E-state index is 11.5. The van der Waals surface area contributed by atoms with E-state index in [0.717, 1.165) is 23.5 Å². The van der Waals surface area contributed by atoms with Crippen LogP contribution in [0.15, 0.2) is 18.2 Å². The molecule has 1 heterocycles. The third-order valence-electron chi connectivity index (χ3n) is 1.78. The monoisotopic (exact) mass is 208 g/mol. The Kier molecular flexibility index (Phi) is 3.38. The molecule has 0 amide bonds. The molecular weight excluding hydrogens is 196 g/mol. The Bertz CT molecular complexity index is 418. The molecule has 1 aromatic heterocycles. The molecule has 0 unspecified atom stereocenters. The van der Waals surface area contributed by atoms with E-state index in [-0.39, 0.29) is 5.91 Å². The molecule has 0 aliphatic heterocycles. The van der Waals surface area contributed by atoms with Crippen LogP contribution in [0.5, 0.6) is 0 Å². The number of methoxy groups -OCH3 is 1. The number of carbonyl (C=O) groups is 2. The Morgan fingerprint density at radius 2 is 2.07 bits per heavy atom. The molecule has 80 valence electrons. The van der Waals surface area contributed by atoms with E-state index in [1.165, 1.54) is 11.8 Å². The number of rotatable bonds is 2. The van der Waals surface area contributed by atoms with Gasteiger partial charge in [-0.2, -0.15) is 5.10 Å². The average molecular weight is 208 g/mol. The second-order valence-electron chi connectivity index (χ2n) is 3.03. The standard InChI is InChI=1S/C10H12N2O3/c1-7-6-8(2)12(11-7)9(13)4-5-10(14)15-3/h4-6H,1-3H3/b5-4+. The lowest BCUT2D eigenvalue weighted by atomic mass is 10.4. The van der Waals surface area contributed by atoms with Crippen molar-refractivity contribution in [2.45, 2.75) is 13.8 Å². The fourth-order valence-corrected chi connectivity index (χ4v) is 1.13. The van der Waals surface area contributed by atoms with Crippen molar-refractivity contribution in [2.75, 3.05) is 7.11 Å². The molecule has 1 aromatic rings. The fraction of sp³-hybridized carbons (Fsp3) is 0.300. The first-order chi connectivity index (χ1) is 7.04. The summed E-state index contributed by atoms with van der Waals surface area (Å²) in [5.41, 5.74) is 1.49. The second kappa shape index (κ2) is 4.54. The highest BCUT2D eigenvalue weighted by molar-refractivity contribution is 5.95. The quantitative estimate of drug-likeness (QED) is 0.534. The van der Waals surface area contributed by atoms with Crippen molar-refractivity contribution in [2.24, 2.45) is 0 Å². The minimum absolute atomic E-state index is 0.369. The third-order valence-corrected chi connectivity index (χ3v) is 1.78. The summed E-state index contributed by atoms with van der Waals surface area (Å²) in [7, 11) is 1.25. The van der Waals surface area contributed by atoms with Gasteiger partial charge in [-0.3, -0.25) is 4.79 Å². The summed E-state index contributed by atoms with van der Waals surface area (Å²) in [6.45, 7) is 3.56. The van der Waals surface area contributed by atoms with E-state index in [1.807, 2.05) is 0 Å². The molecule has 0 aliphatic rings. The first-order valence-electron chi connectivity index (χ1n) is 4.38. The summed E-state index contributed by atoms with van der Waals surface area (Å²) >= 11 is 0. The van der Waals surface area contributed by atoms with Crippen LogP contribution in [0.1, 0.15) is 16.2 Å². The number of hydrogen-bond acceptors (Lipinski definition) is 4. The minimum Gasteiger partial charge on any atom is -0.466 e. The predicted octanol–water partition coefficient (Wildman–Crippen LogP) is 0.869.